The van der Waals surface area contributed by atoms with Gasteiger partial charge in [0.15, 0.2) is 11.7 Å². The molecule has 1 aliphatic carbocycles. The van der Waals surface area contributed by atoms with Crippen molar-refractivity contribution in [3.63, 3.8) is 0 Å². The van der Waals surface area contributed by atoms with Crippen molar-refractivity contribution in [2.75, 3.05) is 18.5 Å². The van der Waals surface area contributed by atoms with Crippen molar-refractivity contribution in [2.45, 2.75) is 44.5 Å². The molecule has 120 valence electrons. The summed E-state index contributed by atoms with van der Waals surface area (Å²) in [4.78, 5) is 4.37. The second-order valence-corrected chi connectivity index (χ2v) is 6.36. The minimum absolute atomic E-state index is 0.00419. The largest absolute Gasteiger partial charge is 0.370 e. The first kappa shape index (κ1) is 15.3. The molecule has 3 N–H and O–H groups in total. The summed E-state index contributed by atoms with van der Waals surface area (Å²) >= 11 is 0. The van der Waals surface area contributed by atoms with E-state index >= 15 is 0 Å². The summed E-state index contributed by atoms with van der Waals surface area (Å²) in [5.41, 5.74) is 6.85. The van der Waals surface area contributed by atoms with E-state index in [1.54, 1.807) is 0 Å². The quantitative estimate of drug-likeness (QED) is 0.665. The molecule has 22 heavy (non-hydrogen) atoms. The number of para-hydroxylation sites is 1. The number of guanidine groups is 1. The molecule has 0 aromatic heterocycles. The third-order valence-corrected chi connectivity index (χ3v) is 4.46. The maximum absolute atomic E-state index is 6.13. The lowest BCUT2D eigenvalue weighted by atomic mass is 9.86. The summed E-state index contributed by atoms with van der Waals surface area (Å²) in [6.07, 6.45) is 4.34. The number of benzene rings is 1. The summed E-state index contributed by atoms with van der Waals surface area (Å²) in [6, 6.07) is 9.78. The van der Waals surface area contributed by atoms with Crippen LogP contribution in [0.1, 0.15) is 32.6 Å². The van der Waals surface area contributed by atoms with Gasteiger partial charge in [-0.3, -0.25) is 4.99 Å². The van der Waals surface area contributed by atoms with Crippen molar-refractivity contribution in [3.8, 4) is 0 Å². The topological polar surface area (TPSA) is 68.9 Å². The third kappa shape index (κ3) is 3.78. The van der Waals surface area contributed by atoms with Crippen LogP contribution in [0, 0.1) is 5.92 Å². The monoisotopic (exact) mass is 303 g/mol. The maximum Gasteiger partial charge on any atom is 0.193 e. The summed E-state index contributed by atoms with van der Waals surface area (Å²) in [5.74, 6) is 0.836. The Labute approximate surface area is 131 Å². The lowest BCUT2D eigenvalue weighted by Crippen LogP contribution is -2.35. The van der Waals surface area contributed by atoms with Crippen LogP contribution in [0.4, 0.5) is 5.69 Å². The van der Waals surface area contributed by atoms with E-state index in [2.05, 4.69) is 17.2 Å². The molecule has 1 atom stereocenters. The predicted molar refractivity (Wildman–Crippen MR) is 87.7 cm³/mol. The molecule has 1 heterocycles. The number of nitrogens with two attached hydrogens (primary N) is 1. The second kappa shape index (κ2) is 6.67. The average molecular weight is 303 g/mol. The lowest BCUT2D eigenvalue weighted by molar-refractivity contribution is -0.190. The molecule has 1 spiro atoms. The van der Waals surface area contributed by atoms with Crippen molar-refractivity contribution >= 4 is 11.6 Å². The van der Waals surface area contributed by atoms with Crippen molar-refractivity contribution in [1.82, 2.24) is 0 Å². The molecule has 3 rings (SSSR count). The van der Waals surface area contributed by atoms with E-state index in [0.29, 0.717) is 19.1 Å². The van der Waals surface area contributed by atoms with Gasteiger partial charge in [-0.2, -0.15) is 0 Å². The van der Waals surface area contributed by atoms with E-state index in [9.17, 15) is 0 Å². The Bertz CT molecular complexity index is 510. The summed E-state index contributed by atoms with van der Waals surface area (Å²) in [6.45, 7) is 3.43. The Morgan fingerprint density at radius 2 is 2.05 bits per heavy atom. The highest BCUT2D eigenvalue weighted by Crippen LogP contribution is 2.39. The van der Waals surface area contributed by atoms with Crippen LogP contribution in [0.25, 0.3) is 0 Å². The minimum Gasteiger partial charge on any atom is -0.370 e. The molecule has 0 amide bonds. The zero-order chi connectivity index (χ0) is 15.4. The first-order valence-corrected chi connectivity index (χ1v) is 8.09. The highest BCUT2D eigenvalue weighted by Gasteiger charge is 2.43. The Kier molecular flexibility index (Phi) is 4.64. The number of ether oxygens (including phenoxy) is 2. The van der Waals surface area contributed by atoms with E-state index < -0.39 is 0 Å². The van der Waals surface area contributed by atoms with E-state index in [4.69, 9.17) is 15.2 Å². The van der Waals surface area contributed by atoms with Crippen LogP contribution in [0.2, 0.25) is 0 Å². The molecule has 5 heteroatoms. The Morgan fingerprint density at radius 3 is 2.77 bits per heavy atom. The van der Waals surface area contributed by atoms with Crippen LogP contribution in [0.5, 0.6) is 0 Å². The molecule has 1 aromatic carbocycles. The van der Waals surface area contributed by atoms with Gasteiger partial charge in [0.25, 0.3) is 0 Å². The molecule has 5 nitrogen and oxygen atoms in total. The van der Waals surface area contributed by atoms with Gasteiger partial charge in [0, 0.05) is 18.5 Å². The zero-order valence-electron chi connectivity index (χ0n) is 13.1. The van der Waals surface area contributed by atoms with Crippen LogP contribution in [-0.2, 0) is 9.47 Å². The number of hydrogen-bond donors (Lipinski definition) is 2. The zero-order valence-corrected chi connectivity index (χ0v) is 13.1. The maximum atomic E-state index is 6.13. The molecule has 2 aliphatic rings. The number of hydrogen-bond acceptors (Lipinski definition) is 3. The molecule has 2 fully saturated rings. The predicted octanol–water partition coefficient (Wildman–Crippen LogP) is 2.74. The third-order valence-electron chi connectivity index (χ3n) is 4.46. The van der Waals surface area contributed by atoms with Crippen molar-refractivity contribution in [3.05, 3.63) is 30.3 Å². The molecule has 1 saturated carbocycles. The van der Waals surface area contributed by atoms with E-state index in [0.717, 1.165) is 24.4 Å². The smallest absolute Gasteiger partial charge is 0.193 e. The van der Waals surface area contributed by atoms with Crippen molar-refractivity contribution in [2.24, 2.45) is 16.6 Å². The molecule has 1 saturated heterocycles. The van der Waals surface area contributed by atoms with Crippen molar-refractivity contribution < 1.29 is 9.47 Å². The number of anilines is 1. The van der Waals surface area contributed by atoms with Crippen LogP contribution in [-0.4, -0.2) is 31.0 Å². The fourth-order valence-corrected chi connectivity index (χ4v) is 3.08. The molecule has 1 unspecified atom stereocenters. The van der Waals surface area contributed by atoms with E-state index in [1.165, 1.54) is 12.8 Å². The van der Waals surface area contributed by atoms with Gasteiger partial charge < -0.3 is 20.5 Å². The molecular formula is C17H25N3O2. The Hall–Kier alpha value is -1.59. The lowest BCUT2D eigenvalue weighted by Gasteiger charge is -2.34. The molecule has 1 aromatic rings. The summed E-state index contributed by atoms with van der Waals surface area (Å²) < 4.78 is 12.1. The standard InChI is InChI=1S/C17H25N3O2/c1-13-7-9-17(10-8-13)21-12-15(22-17)11-19-16(18)20-14-5-3-2-4-6-14/h2-6,13,15H,7-12H2,1H3,(H3,18,19,20). The second-order valence-electron chi connectivity index (χ2n) is 6.36. The Morgan fingerprint density at radius 1 is 1.32 bits per heavy atom. The molecule has 0 bridgehead atoms. The number of nitrogens with zero attached hydrogens (tertiary/aromatic N) is 1. The fourth-order valence-electron chi connectivity index (χ4n) is 3.08. The highest BCUT2D eigenvalue weighted by atomic mass is 16.7. The van der Waals surface area contributed by atoms with Crippen molar-refractivity contribution in [1.29, 1.82) is 0 Å². The molecule has 0 radical (unpaired) electrons. The number of nitrogens with one attached hydrogen (secondary N) is 1. The first-order valence-electron chi connectivity index (χ1n) is 8.09. The first-order chi connectivity index (χ1) is 10.7. The molecular weight excluding hydrogens is 278 g/mol. The van der Waals surface area contributed by atoms with E-state index in [-0.39, 0.29) is 11.9 Å². The van der Waals surface area contributed by atoms with Gasteiger partial charge in [-0.05, 0) is 30.9 Å². The van der Waals surface area contributed by atoms with Crippen LogP contribution >= 0.6 is 0 Å². The van der Waals surface area contributed by atoms with Gasteiger partial charge >= 0.3 is 0 Å². The normalized spacial score (nSPS) is 32.3. The minimum atomic E-state index is -0.353. The summed E-state index contributed by atoms with van der Waals surface area (Å²) in [7, 11) is 0. The van der Waals surface area contributed by atoms with E-state index in [1.807, 2.05) is 30.3 Å². The molecule has 1 aliphatic heterocycles. The van der Waals surface area contributed by atoms with Crippen LogP contribution < -0.4 is 11.1 Å². The van der Waals surface area contributed by atoms with Crippen LogP contribution in [0.3, 0.4) is 0 Å². The van der Waals surface area contributed by atoms with Gasteiger partial charge in [0.2, 0.25) is 0 Å². The van der Waals surface area contributed by atoms with Gasteiger partial charge in [-0.15, -0.1) is 0 Å². The average Bonchev–Trinajstić information content (AvgIpc) is 2.93. The van der Waals surface area contributed by atoms with Gasteiger partial charge in [-0.25, -0.2) is 0 Å². The van der Waals surface area contributed by atoms with Gasteiger partial charge in [-0.1, -0.05) is 25.1 Å². The Balaban J connectivity index is 1.49. The SMILES string of the molecule is CC1CCC2(CC1)OCC(CN=C(N)Nc1ccccc1)O2. The van der Waals surface area contributed by atoms with Gasteiger partial charge in [0.05, 0.1) is 13.2 Å². The number of rotatable bonds is 3. The fraction of sp³-hybridized carbons (Fsp3) is 0.588. The number of aliphatic imine (C=N–C) groups is 1. The highest BCUT2D eigenvalue weighted by molar-refractivity contribution is 5.92. The summed E-state index contributed by atoms with van der Waals surface area (Å²) in [5, 5.41) is 3.07. The van der Waals surface area contributed by atoms with Crippen LogP contribution in [0.15, 0.2) is 35.3 Å². The van der Waals surface area contributed by atoms with Gasteiger partial charge in [0.1, 0.15) is 6.10 Å².